The molecule has 3 N–H and O–H groups in total. The molecule has 0 unspecified atom stereocenters. The van der Waals surface area contributed by atoms with Crippen LogP contribution in [0.4, 0.5) is 26.3 Å². The summed E-state index contributed by atoms with van der Waals surface area (Å²) in [5.74, 6) is -6.42. The van der Waals surface area contributed by atoms with Crippen molar-refractivity contribution < 1.29 is 60.7 Å². The summed E-state index contributed by atoms with van der Waals surface area (Å²) in [5, 5.41) is 30.4. The monoisotopic (exact) mass is 486 g/mol. The van der Waals surface area contributed by atoms with Gasteiger partial charge in [-0.15, -0.1) is 0 Å². The van der Waals surface area contributed by atoms with E-state index in [1.54, 1.807) is 35.5 Å². The third-order valence-electron chi connectivity index (χ3n) is 3.04. The fourth-order valence-corrected chi connectivity index (χ4v) is 1.49. The molecule has 182 valence electrons. The second-order valence-corrected chi connectivity index (χ2v) is 5.55. The average molecular weight is 486 g/mol. The van der Waals surface area contributed by atoms with Gasteiger partial charge in [-0.1, -0.05) is 4.68 Å². The third-order valence-corrected chi connectivity index (χ3v) is 3.04. The minimum absolute atomic E-state index is 0.328. The Kier molecular flexibility index (Phi) is 11.3. The Morgan fingerprint density at radius 1 is 1.03 bits per heavy atom. The van der Waals surface area contributed by atoms with Crippen LogP contribution in [0.5, 0.6) is 0 Å². The van der Waals surface area contributed by atoms with E-state index >= 15 is 0 Å². The van der Waals surface area contributed by atoms with Crippen LogP contribution in [-0.2, 0) is 20.9 Å². The molecule has 0 bridgehead atoms. The van der Waals surface area contributed by atoms with Crippen molar-refractivity contribution in [2.24, 2.45) is 5.73 Å². The molecule has 0 amide bonds. The molecule has 0 aromatic carbocycles. The number of hydrogen-bond donors (Lipinski definition) is 2. The SMILES string of the molecule is N[C@H](CC[n+]1ccc(-c2ncccn2)cn1)C(=O)O.O=C([O-])C(F)(F)F.O=C([O-])C(F)(F)F. The van der Waals surface area contributed by atoms with Crippen LogP contribution in [0.1, 0.15) is 6.42 Å². The van der Waals surface area contributed by atoms with Crippen molar-refractivity contribution in [3.05, 3.63) is 36.9 Å². The van der Waals surface area contributed by atoms with Gasteiger partial charge in [0.15, 0.2) is 18.6 Å². The molecule has 2 rings (SSSR count). The maximum absolute atomic E-state index is 10.6. The summed E-state index contributed by atoms with van der Waals surface area (Å²) in [6.45, 7) is 0.448. The van der Waals surface area contributed by atoms with Crippen molar-refractivity contribution in [2.75, 3.05) is 0 Å². The van der Waals surface area contributed by atoms with Gasteiger partial charge < -0.3 is 30.6 Å². The normalized spacial score (nSPS) is 11.7. The molecule has 0 spiro atoms. The van der Waals surface area contributed by atoms with Gasteiger partial charge in [-0.2, -0.15) is 26.3 Å². The van der Waals surface area contributed by atoms with Crippen LogP contribution in [-0.4, -0.2) is 56.5 Å². The van der Waals surface area contributed by atoms with E-state index in [0.717, 1.165) is 5.56 Å². The maximum atomic E-state index is 10.6. The highest BCUT2D eigenvalue weighted by Gasteiger charge is 2.29. The van der Waals surface area contributed by atoms with E-state index in [-0.39, 0.29) is 0 Å². The largest absolute Gasteiger partial charge is 0.542 e. The Hall–Kier alpha value is -3.89. The lowest BCUT2D eigenvalue weighted by Crippen LogP contribution is -2.42. The summed E-state index contributed by atoms with van der Waals surface area (Å²) in [7, 11) is 0. The fourth-order valence-electron chi connectivity index (χ4n) is 1.49. The van der Waals surface area contributed by atoms with Crippen LogP contribution in [0.2, 0.25) is 0 Å². The predicted octanol–water partition coefficient (Wildman–Crippen LogP) is -1.77. The number of alkyl halides is 6. The number of aromatic nitrogens is 4. The van der Waals surface area contributed by atoms with Crippen LogP contribution in [0.25, 0.3) is 11.4 Å². The molecule has 0 aliphatic carbocycles. The standard InChI is InChI=1S/C12H13N5O2.2C2HF3O2/c13-10(12(18)19)3-7-17-6-2-9(8-16-17)11-14-4-1-5-15-11;2*3-2(4,5)1(6)7/h1-2,4-6,8,10H,3,7,13H2;2*(H,6,7)/p-1/t10-;;/m1../s1. The van der Waals surface area contributed by atoms with Crippen molar-refractivity contribution in [1.82, 2.24) is 15.1 Å². The first kappa shape index (κ1) is 29.1. The van der Waals surface area contributed by atoms with E-state index in [9.17, 15) is 31.1 Å². The molecule has 11 nitrogen and oxygen atoms in total. The zero-order valence-corrected chi connectivity index (χ0v) is 16.1. The molecular formula is C16H14F6N5O6-. The van der Waals surface area contributed by atoms with Gasteiger partial charge in [0.2, 0.25) is 0 Å². The Bertz CT molecular complexity index is 885. The second-order valence-electron chi connectivity index (χ2n) is 5.55. The van der Waals surface area contributed by atoms with Gasteiger partial charge in [0.25, 0.3) is 0 Å². The number of nitrogens with zero attached hydrogens (tertiary/aromatic N) is 4. The molecule has 0 aliphatic rings. The van der Waals surface area contributed by atoms with Gasteiger partial charge in [-0.05, 0) is 11.2 Å². The minimum Gasteiger partial charge on any atom is -0.542 e. The Morgan fingerprint density at radius 2 is 1.48 bits per heavy atom. The van der Waals surface area contributed by atoms with Crippen LogP contribution >= 0.6 is 0 Å². The molecule has 17 heteroatoms. The zero-order chi connectivity index (χ0) is 25.8. The lowest BCUT2D eigenvalue weighted by molar-refractivity contribution is -0.754. The fraction of sp³-hybridized carbons (Fsp3) is 0.312. The van der Waals surface area contributed by atoms with E-state index in [1.807, 2.05) is 6.07 Å². The number of carboxylic acids is 3. The molecular weight excluding hydrogens is 472 g/mol. The zero-order valence-electron chi connectivity index (χ0n) is 16.1. The van der Waals surface area contributed by atoms with Crippen molar-refractivity contribution in [1.29, 1.82) is 0 Å². The number of halogens is 6. The van der Waals surface area contributed by atoms with Crippen LogP contribution < -0.4 is 20.6 Å². The Balaban J connectivity index is 0.000000605. The molecule has 2 heterocycles. The van der Waals surface area contributed by atoms with Gasteiger partial charge in [0.05, 0.1) is 0 Å². The Morgan fingerprint density at radius 3 is 1.82 bits per heavy atom. The highest BCUT2D eigenvalue weighted by atomic mass is 19.4. The van der Waals surface area contributed by atoms with Crippen molar-refractivity contribution in [3.8, 4) is 11.4 Å². The molecule has 0 saturated heterocycles. The number of rotatable bonds is 5. The molecule has 0 radical (unpaired) electrons. The van der Waals surface area contributed by atoms with E-state index in [2.05, 4.69) is 15.1 Å². The highest BCUT2D eigenvalue weighted by molar-refractivity contribution is 5.73. The van der Waals surface area contributed by atoms with Crippen LogP contribution in [0, 0.1) is 0 Å². The van der Waals surface area contributed by atoms with Gasteiger partial charge >= 0.3 is 18.3 Å². The van der Waals surface area contributed by atoms with Crippen LogP contribution in [0.3, 0.4) is 0 Å². The van der Waals surface area contributed by atoms with Crippen molar-refractivity contribution >= 4 is 17.9 Å². The minimum atomic E-state index is -5.19. The van der Waals surface area contributed by atoms with E-state index in [4.69, 9.17) is 30.6 Å². The topological polar surface area (TPSA) is 186 Å². The molecule has 0 aliphatic heterocycles. The molecule has 1 atom stereocenters. The second kappa shape index (κ2) is 12.8. The van der Waals surface area contributed by atoms with Crippen LogP contribution in [0.15, 0.2) is 36.9 Å². The molecule has 0 saturated carbocycles. The Labute approximate surface area is 180 Å². The van der Waals surface area contributed by atoms with Gasteiger partial charge in [-0.3, -0.25) is 4.79 Å². The van der Waals surface area contributed by atoms with Gasteiger partial charge in [0, 0.05) is 30.4 Å². The maximum Gasteiger partial charge on any atom is 0.430 e. The summed E-state index contributed by atoms with van der Waals surface area (Å²) < 4.78 is 64.7. The number of aryl methyl sites for hydroxylation is 1. The highest BCUT2D eigenvalue weighted by Crippen LogP contribution is 2.12. The van der Waals surface area contributed by atoms with Crippen molar-refractivity contribution in [3.63, 3.8) is 0 Å². The third kappa shape index (κ3) is 12.5. The molecule has 2 aromatic heterocycles. The first-order valence-electron chi connectivity index (χ1n) is 8.23. The van der Waals surface area contributed by atoms with Crippen molar-refractivity contribution in [2.45, 2.75) is 31.4 Å². The number of carboxylic acid groups (broad SMARTS) is 3. The summed E-state index contributed by atoms with van der Waals surface area (Å²) in [5.41, 5.74) is 6.23. The van der Waals surface area contributed by atoms with E-state index in [1.165, 1.54) is 0 Å². The summed E-state index contributed by atoms with van der Waals surface area (Å²) in [6.07, 6.45) is -3.35. The molecule has 2 aromatic rings. The predicted molar refractivity (Wildman–Crippen MR) is 87.8 cm³/mol. The quantitative estimate of drug-likeness (QED) is 0.362. The number of aliphatic carboxylic acids is 3. The van der Waals surface area contributed by atoms with Gasteiger partial charge in [0.1, 0.15) is 24.2 Å². The first-order valence-corrected chi connectivity index (χ1v) is 8.23. The average Bonchev–Trinajstić information content (AvgIpc) is 2.72. The smallest absolute Gasteiger partial charge is 0.430 e. The first-order chi connectivity index (χ1) is 15.1. The lowest BCUT2D eigenvalue weighted by Gasteiger charge is -2.03. The summed E-state index contributed by atoms with van der Waals surface area (Å²) >= 11 is 0. The van der Waals surface area contributed by atoms with Gasteiger partial charge in [-0.25, -0.2) is 9.97 Å². The lowest BCUT2D eigenvalue weighted by atomic mass is 10.2. The summed E-state index contributed by atoms with van der Waals surface area (Å²) in [6, 6.07) is 2.70. The number of nitrogens with two attached hydrogens (primary N) is 1. The van der Waals surface area contributed by atoms with E-state index < -0.39 is 36.3 Å². The molecule has 0 fully saturated rings. The van der Waals surface area contributed by atoms with E-state index in [0.29, 0.717) is 18.8 Å². The number of hydrogen-bond acceptors (Lipinski definition) is 9. The number of carbonyl (C=O) groups is 3. The number of carbonyl (C=O) groups excluding carboxylic acids is 2. The summed E-state index contributed by atoms with van der Waals surface area (Å²) in [4.78, 5) is 36.4. The molecule has 33 heavy (non-hydrogen) atoms.